The second-order valence-electron chi connectivity index (χ2n) is 7.06. The van der Waals surface area contributed by atoms with Crippen molar-refractivity contribution in [3.05, 3.63) is 65.5 Å². The van der Waals surface area contributed by atoms with Crippen molar-refractivity contribution in [1.82, 2.24) is 9.80 Å². The summed E-state index contributed by atoms with van der Waals surface area (Å²) in [5.74, 6) is -0.282. The van der Waals surface area contributed by atoms with E-state index in [0.717, 1.165) is 35.7 Å². The summed E-state index contributed by atoms with van der Waals surface area (Å²) in [7, 11) is 0. The van der Waals surface area contributed by atoms with Crippen molar-refractivity contribution in [3.63, 3.8) is 0 Å². The summed E-state index contributed by atoms with van der Waals surface area (Å²) in [5.41, 5.74) is 2.38. The first-order chi connectivity index (χ1) is 14.0. The molecule has 150 valence electrons. The van der Waals surface area contributed by atoms with Gasteiger partial charge in [-0.3, -0.25) is 14.5 Å². The van der Waals surface area contributed by atoms with Gasteiger partial charge in [-0.2, -0.15) is 0 Å². The molecule has 2 aromatic rings. The van der Waals surface area contributed by atoms with E-state index in [4.69, 9.17) is 0 Å². The normalized spacial score (nSPS) is 19.1. The zero-order valence-electron chi connectivity index (χ0n) is 15.6. The second-order valence-corrected chi connectivity index (χ2v) is 7.99. The lowest BCUT2D eigenvalue weighted by molar-refractivity contribution is -0.125. The number of carbonyl (C=O) groups is 3. The number of hydrogen-bond acceptors (Lipinski definition) is 4. The number of nitrogens with zero attached hydrogens (tertiary/aromatic N) is 2. The topological polar surface area (TPSA) is 69.7 Å². The monoisotopic (exact) mass is 413 g/mol. The number of imide groups is 1. The second kappa shape index (κ2) is 8.24. The predicted octanol–water partition coefficient (Wildman–Crippen LogP) is 4.39. The fourth-order valence-electron chi connectivity index (χ4n) is 3.65. The molecule has 0 saturated carbocycles. The van der Waals surface area contributed by atoms with E-state index in [1.165, 1.54) is 17.0 Å². The summed E-state index contributed by atoms with van der Waals surface area (Å²) >= 11 is 1.01. The number of rotatable bonds is 4. The average molecular weight is 413 g/mol. The van der Waals surface area contributed by atoms with Crippen LogP contribution < -0.4 is 5.32 Å². The number of thioether (sulfide) groups is 1. The van der Waals surface area contributed by atoms with Crippen molar-refractivity contribution < 1.29 is 18.8 Å². The summed E-state index contributed by atoms with van der Waals surface area (Å²) in [4.78, 5) is 39.2. The molecule has 2 aromatic carbocycles. The van der Waals surface area contributed by atoms with Gasteiger partial charge in [0, 0.05) is 12.2 Å². The number of carbonyl (C=O) groups excluding carboxylic acids is 3. The first-order valence-corrected chi connectivity index (χ1v) is 10.4. The molecule has 0 bridgehead atoms. The van der Waals surface area contributed by atoms with Crippen LogP contribution in [-0.4, -0.2) is 39.3 Å². The van der Waals surface area contributed by atoms with E-state index < -0.39 is 0 Å². The van der Waals surface area contributed by atoms with Crippen LogP contribution in [0.25, 0.3) is 0 Å². The molecule has 4 amide bonds. The molecule has 1 N–H and O–H groups in total. The Hall–Kier alpha value is -2.87. The van der Waals surface area contributed by atoms with Gasteiger partial charge in [-0.15, -0.1) is 0 Å². The molecule has 2 aliphatic rings. The molecule has 0 aromatic heterocycles. The number of urea groups is 1. The first-order valence-electron chi connectivity index (χ1n) is 9.40. The van der Waals surface area contributed by atoms with Crippen LogP contribution in [0, 0.1) is 5.82 Å². The zero-order valence-corrected chi connectivity index (χ0v) is 16.5. The molecule has 6 nitrogen and oxygen atoms in total. The van der Waals surface area contributed by atoms with Gasteiger partial charge in [0.2, 0.25) is 5.91 Å². The SMILES string of the molecule is O=C1CSC(=O)N1Cc1ccc(NC(=O)N2CCCC2c2ccc(F)cc2)cc1. The van der Waals surface area contributed by atoms with Crippen LogP contribution in [0.15, 0.2) is 48.5 Å². The number of amides is 4. The lowest BCUT2D eigenvalue weighted by Crippen LogP contribution is -2.34. The van der Waals surface area contributed by atoms with Gasteiger partial charge in [0.15, 0.2) is 0 Å². The van der Waals surface area contributed by atoms with E-state index in [9.17, 15) is 18.8 Å². The van der Waals surface area contributed by atoms with Crippen LogP contribution in [-0.2, 0) is 11.3 Å². The molecule has 0 aliphatic carbocycles. The van der Waals surface area contributed by atoms with Crippen molar-refractivity contribution in [2.24, 2.45) is 0 Å². The Morgan fingerprint density at radius 1 is 1.10 bits per heavy atom. The number of anilines is 1. The quantitative estimate of drug-likeness (QED) is 0.807. The summed E-state index contributed by atoms with van der Waals surface area (Å²) in [6.07, 6.45) is 1.73. The highest BCUT2D eigenvalue weighted by molar-refractivity contribution is 8.14. The first kappa shape index (κ1) is 19.4. The fraction of sp³-hybridized carbons (Fsp3) is 0.286. The van der Waals surface area contributed by atoms with Gasteiger partial charge in [-0.05, 0) is 48.2 Å². The highest BCUT2D eigenvalue weighted by Gasteiger charge is 2.31. The van der Waals surface area contributed by atoms with Crippen LogP contribution in [0.2, 0.25) is 0 Å². The maximum Gasteiger partial charge on any atom is 0.322 e. The largest absolute Gasteiger partial charge is 0.322 e. The van der Waals surface area contributed by atoms with Gasteiger partial charge >= 0.3 is 6.03 Å². The van der Waals surface area contributed by atoms with Gasteiger partial charge in [-0.1, -0.05) is 36.0 Å². The average Bonchev–Trinajstić information content (AvgIpc) is 3.32. The summed E-state index contributed by atoms with van der Waals surface area (Å²) in [6, 6.07) is 13.1. The molecule has 29 heavy (non-hydrogen) atoms. The van der Waals surface area contributed by atoms with Crippen molar-refractivity contribution >= 4 is 34.6 Å². The third-order valence-corrected chi connectivity index (χ3v) is 6.01. The molecule has 0 spiro atoms. The maximum absolute atomic E-state index is 13.2. The number of halogens is 1. The highest BCUT2D eigenvalue weighted by Crippen LogP contribution is 2.32. The maximum atomic E-state index is 13.2. The van der Waals surface area contributed by atoms with Gasteiger partial charge in [-0.25, -0.2) is 9.18 Å². The molecule has 2 heterocycles. The number of nitrogens with one attached hydrogen (secondary N) is 1. The molecule has 1 unspecified atom stereocenters. The van der Waals surface area contributed by atoms with E-state index in [-0.39, 0.29) is 41.3 Å². The van der Waals surface area contributed by atoms with Crippen LogP contribution in [0.3, 0.4) is 0 Å². The third kappa shape index (κ3) is 4.27. The van der Waals surface area contributed by atoms with E-state index in [1.54, 1.807) is 41.3 Å². The Balaban J connectivity index is 1.39. The lowest BCUT2D eigenvalue weighted by atomic mass is 10.0. The van der Waals surface area contributed by atoms with Crippen molar-refractivity contribution in [1.29, 1.82) is 0 Å². The Labute approximate surface area is 172 Å². The molecular weight excluding hydrogens is 393 g/mol. The fourth-order valence-corrected chi connectivity index (χ4v) is 4.37. The minimum absolute atomic E-state index is 0.0698. The standard InChI is InChI=1S/C21H20FN3O3S/c22-16-7-5-15(6-8-16)18-2-1-11-24(18)20(27)23-17-9-3-14(4-10-17)12-25-19(26)13-29-21(25)28/h3-10,18H,1-2,11-13H2,(H,23,27). The molecular formula is C21H20FN3O3S. The van der Waals surface area contributed by atoms with Crippen molar-refractivity contribution in [2.45, 2.75) is 25.4 Å². The molecule has 2 fully saturated rings. The summed E-state index contributed by atoms with van der Waals surface area (Å²) in [5, 5.41) is 2.67. The van der Waals surface area contributed by atoms with Gasteiger partial charge in [0.1, 0.15) is 5.82 Å². The van der Waals surface area contributed by atoms with Crippen LogP contribution in [0.4, 0.5) is 19.7 Å². The number of likely N-dealkylation sites (tertiary alicyclic amines) is 1. The van der Waals surface area contributed by atoms with Gasteiger partial charge < -0.3 is 10.2 Å². The van der Waals surface area contributed by atoms with E-state index in [1.807, 2.05) is 0 Å². The van der Waals surface area contributed by atoms with E-state index in [2.05, 4.69) is 5.32 Å². The van der Waals surface area contributed by atoms with Crippen LogP contribution in [0.1, 0.15) is 30.0 Å². The lowest BCUT2D eigenvalue weighted by Gasteiger charge is -2.25. The molecule has 4 rings (SSSR count). The zero-order chi connectivity index (χ0) is 20.4. The van der Waals surface area contributed by atoms with E-state index in [0.29, 0.717) is 12.2 Å². The van der Waals surface area contributed by atoms with Crippen molar-refractivity contribution in [2.75, 3.05) is 17.6 Å². The Bertz CT molecular complexity index is 917. The Morgan fingerprint density at radius 3 is 2.48 bits per heavy atom. The van der Waals surface area contributed by atoms with Crippen LogP contribution in [0.5, 0.6) is 0 Å². The van der Waals surface area contributed by atoms with E-state index >= 15 is 0 Å². The number of benzene rings is 2. The Morgan fingerprint density at radius 2 is 1.83 bits per heavy atom. The molecule has 2 aliphatic heterocycles. The highest BCUT2D eigenvalue weighted by atomic mass is 32.2. The van der Waals surface area contributed by atoms with Crippen LogP contribution >= 0.6 is 11.8 Å². The molecule has 2 saturated heterocycles. The summed E-state index contributed by atoms with van der Waals surface area (Å²) < 4.78 is 13.2. The molecule has 0 radical (unpaired) electrons. The summed E-state index contributed by atoms with van der Waals surface area (Å²) in [6.45, 7) is 0.875. The molecule has 8 heteroatoms. The number of hydrogen-bond donors (Lipinski definition) is 1. The molecule has 1 atom stereocenters. The smallest absolute Gasteiger partial charge is 0.317 e. The van der Waals surface area contributed by atoms with Crippen molar-refractivity contribution in [3.8, 4) is 0 Å². The predicted molar refractivity (Wildman–Crippen MR) is 109 cm³/mol. The minimum atomic E-state index is -0.293. The third-order valence-electron chi connectivity index (χ3n) is 5.15. The van der Waals surface area contributed by atoms with Gasteiger partial charge in [0.25, 0.3) is 5.24 Å². The Kier molecular flexibility index (Phi) is 5.53. The minimum Gasteiger partial charge on any atom is -0.317 e. The van der Waals surface area contributed by atoms with Gasteiger partial charge in [0.05, 0.1) is 18.3 Å².